The van der Waals surface area contributed by atoms with E-state index in [-0.39, 0.29) is 10.5 Å². The average molecular weight is 434 g/mol. The van der Waals surface area contributed by atoms with Gasteiger partial charge in [-0.05, 0) is 38.1 Å². The normalized spacial score (nSPS) is 18.5. The first-order valence-corrected chi connectivity index (χ1v) is 11.2. The Balaban J connectivity index is 1.93. The van der Waals surface area contributed by atoms with Gasteiger partial charge in [-0.25, -0.2) is 8.42 Å². The second-order valence-corrected chi connectivity index (χ2v) is 11.1. The first kappa shape index (κ1) is 19.6. The lowest BCUT2D eigenvalue weighted by atomic mass is 10.2. The molecule has 1 aliphatic heterocycles. The Kier molecular flexibility index (Phi) is 6.61. The van der Waals surface area contributed by atoms with Crippen LogP contribution in [0.15, 0.2) is 38.6 Å². The SMILES string of the molecule is CN=C(NCCS(=O)(=O)c1ccc(Br)cc1)N1CCSC(C)(C)C1. The van der Waals surface area contributed by atoms with E-state index in [1.54, 1.807) is 31.3 Å². The topological polar surface area (TPSA) is 61.8 Å². The van der Waals surface area contributed by atoms with Crippen LogP contribution < -0.4 is 5.32 Å². The molecule has 1 fully saturated rings. The van der Waals surface area contributed by atoms with Crippen LogP contribution in [0.5, 0.6) is 0 Å². The van der Waals surface area contributed by atoms with Gasteiger partial charge in [0.05, 0.1) is 10.6 Å². The van der Waals surface area contributed by atoms with E-state index in [1.165, 1.54) is 0 Å². The van der Waals surface area contributed by atoms with Gasteiger partial charge >= 0.3 is 0 Å². The summed E-state index contributed by atoms with van der Waals surface area (Å²) < 4.78 is 25.8. The number of halogens is 1. The zero-order valence-electron chi connectivity index (χ0n) is 14.3. The smallest absolute Gasteiger partial charge is 0.193 e. The Morgan fingerprint density at radius 3 is 2.62 bits per heavy atom. The van der Waals surface area contributed by atoms with Gasteiger partial charge in [-0.1, -0.05) is 15.9 Å². The molecule has 0 atom stereocenters. The van der Waals surface area contributed by atoms with Gasteiger partial charge in [0.15, 0.2) is 15.8 Å². The lowest BCUT2D eigenvalue weighted by Gasteiger charge is -2.39. The number of thioether (sulfide) groups is 1. The van der Waals surface area contributed by atoms with Gasteiger partial charge in [-0.15, -0.1) is 0 Å². The number of nitrogens with zero attached hydrogens (tertiary/aromatic N) is 2. The maximum atomic E-state index is 12.4. The largest absolute Gasteiger partial charge is 0.355 e. The highest BCUT2D eigenvalue weighted by atomic mass is 79.9. The third-order valence-corrected chi connectivity index (χ3v) is 7.32. The third kappa shape index (κ3) is 5.39. The minimum atomic E-state index is -3.30. The quantitative estimate of drug-likeness (QED) is 0.583. The molecule has 1 aromatic rings. The van der Waals surface area contributed by atoms with Gasteiger partial charge in [0.25, 0.3) is 0 Å². The fourth-order valence-electron chi connectivity index (χ4n) is 2.59. The summed E-state index contributed by atoms with van der Waals surface area (Å²) in [6.07, 6.45) is 0. The van der Waals surface area contributed by atoms with Crippen molar-refractivity contribution in [2.45, 2.75) is 23.5 Å². The van der Waals surface area contributed by atoms with E-state index >= 15 is 0 Å². The molecular weight excluding hydrogens is 410 g/mol. The Hall–Kier alpha value is -0.730. The molecule has 1 heterocycles. The van der Waals surface area contributed by atoms with Crippen molar-refractivity contribution in [3.8, 4) is 0 Å². The van der Waals surface area contributed by atoms with Crippen LogP contribution >= 0.6 is 27.7 Å². The molecule has 0 saturated carbocycles. The van der Waals surface area contributed by atoms with Crippen LogP contribution in [0.1, 0.15) is 13.8 Å². The van der Waals surface area contributed by atoms with Crippen molar-refractivity contribution in [3.63, 3.8) is 0 Å². The molecule has 0 amide bonds. The fraction of sp³-hybridized carbons (Fsp3) is 0.562. The highest BCUT2D eigenvalue weighted by molar-refractivity contribution is 9.10. The standard InChI is InChI=1S/C16H24BrN3O2S2/c1-16(2)12-20(9-10-23-16)15(18-3)19-8-11-24(21,22)14-6-4-13(17)5-7-14/h4-7H,8-12H2,1-3H3,(H,18,19). The van der Waals surface area contributed by atoms with Crippen molar-refractivity contribution in [2.75, 3.05) is 38.2 Å². The Morgan fingerprint density at radius 2 is 2.04 bits per heavy atom. The molecule has 5 nitrogen and oxygen atoms in total. The van der Waals surface area contributed by atoms with Crippen molar-refractivity contribution in [1.29, 1.82) is 0 Å². The molecule has 2 rings (SSSR count). The summed E-state index contributed by atoms with van der Waals surface area (Å²) >= 11 is 5.27. The van der Waals surface area contributed by atoms with Crippen LogP contribution in [0.3, 0.4) is 0 Å². The Labute approximate surface area is 157 Å². The number of guanidine groups is 1. The van der Waals surface area contributed by atoms with Crippen LogP contribution in [0.2, 0.25) is 0 Å². The van der Waals surface area contributed by atoms with Gasteiger partial charge < -0.3 is 10.2 Å². The molecular formula is C16H24BrN3O2S2. The van der Waals surface area contributed by atoms with Gasteiger partial charge in [-0.3, -0.25) is 4.99 Å². The molecule has 134 valence electrons. The van der Waals surface area contributed by atoms with Crippen molar-refractivity contribution in [2.24, 2.45) is 4.99 Å². The van der Waals surface area contributed by atoms with Gasteiger partial charge in [0.1, 0.15) is 0 Å². The first-order chi connectivity index (χ1) is 11.2. The Morgan fingerprint density at radius 1 is 1.38 bits per heavy atom. The minimum Gasteiger partial charge on any atom is -0.355 e. The highest BCUT2D eigenvalue weighted by Crippen LogP contribution is 2.29. The van der Waals surface area contributed by atoms with Crippen molar-refractivity contribution in [1.82, 2.24) is 10.2 Å². The molecule has 1 aliphatic rings. The van der Waals surface area contributed by atoms with Crippen LogP contribution in [0.25, 0.3) is 0 Å². The number of sulfone groups is 1. The lowest BCUT2D eigenvalue weighted by Crippen LogP contribution is -2.51. The van der Waals surface area contributed by atoms with Gasteiger partial charge in [0, 0.05) is 41.7 Å². The second kappa shape index (κ2) is 8.10. The van der Waals surface area contributed by atoms with E-state index < -0.39 is 9.84 Å². The van der Waals surface area contributed by atoms with E-state index in [1.807, 2.05) is 11.8 Å². The van der Waals surface area contributed by atoms with E-state index in [0.717, 1.165) is 29.3 Å². The summed E-state index contributed by atoms with van der Waals surface area (Å²) in [6, 6.07) is 6.73. The molecule has 0 unspecified atom stereocenters. The molecule has 1 saturated heterocycles. The van der Waals surface area contributed by atoms with Crippen LogP contribution in [0, 0.1) is 0 Å². The monoisotopic (exact) mass is 433 g/mol. The molecule has 0 aliphatic carbocycles. The van der Waals surface area contributed by atoms with Gasteiger partial charge in [0.2, 0.25) is 0 Å². The highest BCUT2D eigenvalue weighted by Gasteiger charge is 2.28. The predicted octanol–water partition coefficient (Wildman–Crippen LogP) is 2.63. The zero-order valence-corrected chi connectivity index (χ0v) is 17.5. The lowest BCUT2D eigenvalue weighted by molar-refractivity contribution is 0.377. The molecule has 1 N–H and O–H groups in total. The Bertz CT molecular complexity index is 688. The fourth-order valence-corrected chi connectivity index (χ4v) is 5.12. The summed E-state index contributed by atoms with van der Waals surface area (Å²) in [6.45, 7) is 6.60. The molecule has 8 heteroatoms. The van der Waals surface area contributed by atoms with Crippen molar-refractivity contribution >= 4 is 43.5 Å². The molecule has 0 radical (unpaired) electrons. The number of hydrogen-bond donors (Lipinski definition) is 1. The molecule has 0 spiro atoms. The van der Waals surface area contributed by atoms with E-state index in [4.69, 9.17) is 0 Å². The number of aliphatic imine (C=N–C) groups is 1. The van der Waals surface area contributed by atoms with Gasteiger partial charge in [-0.2, -0.15) is 11.8 Å². The summed E-state index contributed by atoms with van der Waals surface area (Å²) in [5, 5.41) is 3.19. The summed E-state index contributed by atoms with van der Waals surface area (Å²) in [5.41, 5.74) is 0. The number of rotatable bonds is 4. The van der Waals surface area contributed by atoms with Crippen molar-refractivity contribution in [3.05, 3.63) is 28.7 Å². The second-order valence-electron chi connectivity index (χ2n) is 6.28. The van der Waals surface area contributed by atoms with E-state index in [9.17, 15) is 8.42 Å². The van der Waals surface area contributed by atoms with Crippen LogP contribution in [-0.4, -0.2) is 62.2 Å². The van der Waals surface area contributed by atoms with Crippen LogP contribution in [0.4, 0.5) is 0 Å². The van der Waals surface area contributed by atoms with Crippen LogP contribution in [-0.2, 0) is 9.84 Å². The number of benzene rings is 1. The van der Waals surface area contributed by atoms with E-state index in [0.29, 0.717) is 11.4 Å². The summed E-state index contributed by atoms with van der Waals surface area (Å²) in [4.78, 5) is 6.84. The molecule has 0 aromatic heterocycles. The van der Waals surface area contributed by atoms with E-state index in [2.05, 4.69) is 45.0 Å². The number of nitrogens with one attached hydrogen (secondary N) is 1. The first-order valence-electron chi connectivity index (χ1n) is 7.81. The maximum absolute atomic E-state index is 12.4. The minimum absolute atomic E-state index is 0.0413. The summed E-state index contributed by atoms with van der Waals surface area (Å²) in [7, 11) is -1.56. The molecule has 24 heavy (non-hydrogen) atoms. The molecule has 0 bridgehead atoms. The van der Waals surface area contributed by atoms with Crippen molar-refractivity contribution < 1.29 is 8.42 Å². The number of hydrogen-bond acceptors (Lipinski definition) is 4. The molecule has 1 aromatic carbocycles. The average Bonchev–Trinajstić information content (AvgIpc) is 2.51. The third-order valence-electron chi connectivity index (χ3n) is 3.76. The maximum Gasteiger partial charge on any atom is 0.193 e. The predicted molar refractivity (Wildman–Crippen MR) is 106 cm³/mol. The zero-order chi connectivity index (χ0) is 17.8. The summed E-state index contributed by atoms with van der Waals surface area (Å²) in [5.74, 6) is 1.86.